The molecule has 1 fully saturated rings. The molecule has 2 atom stereocenters. The highest BCUT2D eigenvalue weighted by Crippen LogP contribution is 2.31. The van der Waals surface area contributed by atoms with Crippen LogP contribution in [-0.2, 0) is 9.53 Å². The van der Waals surface area contributed by atoms with Gasteiger partial charge in [-0.1, -0.05) is 37.4 Å². The number of carbonyl (C=O) groups is 2. The summed E-state index contributed by atoms with van der Waals surface area (Å²) in [5.74, 6) is 6.61. The monoisotopic (exact) mass is 404 g/mol. The first-order valence-corrected chi connectivity index (χ1v) is 9.96. The van der Waals surface area contributed by atoms with Crippen LogP contribution in [0.3, 0.4) is 0 Å². The van der Waals surface area contributed by atoms with Gasteiger partial charge < -0.3 is 19.9 Å². The Morgan fingerprint density at radius 2 is 2.03 bits per heavy atom. The predicted molar refractivity (Wildman–Crippen MR) is 114 cm³/mol. The number of benzene rings is 1. The summed E-state index contributed by atoms with van der Waals surface area (Å²) in [5, 5.41) is 2.65. The molecule has 2 radical (unpaired) electrons. The number of rotatable bonds is 4. The number of nitrogens with zero attached hydrogens (tertiary/aromatic N) is 2. The summed E-state index contributed by atoms with van der Waals surface area (Å²) in [6.07, 6.45) is 2.73. The molecular weight excluding hydrogens is 379 g/mol. The first-order valence-electron chi connectivity index (χ1n) is 9.96. The van der Waals surface area contributed by atoms with Crippen molar-refractivity contribution in [2.75, 3.05) is 13.7 Å². The molecule has 2 N–H and O–H groups in total. The Labute approximate surface area is 178 Å². The highest BCUT2D eigenvalue weighted by Gasteiger charge is 2.37. The fourth-order valence-electron chi connectivity index (χ4n) is 3.47. The number of methoxy groups -OCH3 is 1. The summed E-state index contributed by atoms with van der Waals surface area (Å²) in [5.41, 5.74) is 2.22. The van der Waals surface area contributed by atoms with Crippen molar-refractivity contribution in [2.24, 2.45) is 5.92 Å². The van der Waals surface area contributed by atoms with Crippen molar-refractivity contribution in [3.8, 4) is 11.8 Å². The third kappa shape index (κ3) is 5.04. The van der Waals surface area contributed by atoms with Gasteiger partial charge in [0, 0.05) is 12.1 Å². The Bertz CT molecular complexity index is 959. The van der Waals surface area contributed by atoms with Gasteiger partial charge in [-0.15, -0.1) is 0 Å². The molecule has 7 nitrogen and oxygen atoms in total. The molecule has 1 saturated heterocycles. The average Bonchev–Trinajstić information content (AvgIpc) is 3.40. The molecule has 0 bridgehead atoms. The van der Waals surface area contributed by atoms with Gasteiger partial charge in [-0.25, -0.2) is 9.78 Å². The van der Waals surface area contributed by atoms with Crippen LogP contribution in [0.25, 0.3) is 0 Å². The van der Waals surface area contributed by atoms with E-state index in [1.54, 1.807) is 23.2 Å². The number of imidazole rings is 1. The first kappa shape index (κ1) is 21.5. The van der Waals surface area contributed by atoms with Gasteiger partial charge in [-0.05, 0) is 36.8 Å². The van der Waals surface area contributed by atoms with Gasteiger partial charge in [0.05, 0.1) is 19.3 Å². The van der Waals surface area contributed by atoms with Crippen molar-refractivity contribution in [1.29, 1.82) is 0 Å². The van der Waals surface area contributed by atoms with Crippen LogP contribution in [0, 0.1) is 17.8 Å². The van der Waals surface area contributed by atoms with Crippen LogP contribution in [-0.4, -0.2) is 54.4 Å². The largest absolute Gasteiger partial charge is 0.453 e. The number of likely N-dealkylation sites (tertiary alicyclic amines) is 1. The molecule has 1 aromatic carbocycles. The van der Waals surface area contributed by atoms with Crippen molar-refractivity contribution in [3.05, 3.63) is 47.5 Å². The summed E-state index contributed by atoms with van der Waals surface area (Å²) >= 11 is 0. The molecule has 1 aliphatic heterocycles. The van der Waals surface area contributed by atoms with Crippen molar-refractivity contribution in [2.45, 2.75) is 38.8 Å². The molecule has 0 unspecified atom stereocenters. The minimum atomic E-state index is -0.655. The standard InChI is InChI=1S/C22H25BN4O3/c1-14(2)19(26-22(29)30-3)21(28)27-12-4-5-18(27)20-24-13-17(25-20)11-8-15-6-9-16(23)10-7-15/h6-7,9-10,13-14,18-19H,4-5,12H2,1-3H3,(H,24,25)(H,26,29)/t18-,19-/m0/s1. The Hall–Kier alpha value is -3.21. The van der Waals surface area contributed by atoms with Crippen molar-refractivity contribution < 1.29 is 14.3 Å². The molecule has 154 valence electrons. The SMILES string of the molecule is [B]c1ccc(C#Cc2cnc([C@@H]3CCCN3C(=O)[C@@H](NC(=O)OC)C(C)C)[nH]2)cc1. The zero-order valence-electron chi connectivity index (χ0n) is 17.4. The lowest BCUT2D eigenvalue weighted by molar-refractivity contribution is -0.135. The van der Waals surface area contributed by atoms with E-state index in [9.17, 15) is 9.59 Å². The fourth-order valence-corrected chi connectivity index (χ4v) is 3.47. The van der Waals surface area contributed by atoms with Gasteiger partial charge in [0.25, 0.3) is 0 Å². The lowest BCUT2D eigenvalue weighted by Gasteiger charge is -2.29. The number of amides is 2. The molecule has 2 amide bonds. The quantitative estimate of drug-likeness (QED) is 0.599. The van der Waals surface area contributed by atoms with Gasteiger partial charge in [-0.2, -0.15) is 0 Å². The summed E-state index contributed by atoms with van der Waals surface area (Å²) in [7, 11) is 6.98. The zero-order valence-corrected chi connectivity index (χ0v) is 17.4. The molecule has 3 rings (SSSR count). The summed E-state index contributed by atoms with van der Waals surface area (Å²) in [4.78, 5) is 34.3. The van der Waals surface area contributed by atoms with E-state index < -0.39 is 12.1 Å². The number of aromatic nitrogens is 2. The minimum Gasteiger partial charge on any atom is -0.453 e. The topological polar surface area (TPSA) is 87.3 Å². The Balaban J connectivity index is 1.75. The van der Waals surface area contributed by atoms with E-state index >= 15 is 0 Å². The van der Waals surface area contributed by atoms with Crippen LogP contribution in [0.15, 0.2) is 30.5 Å². The summed E-state index contributed by atoms with van der Waals surface area (Å²) in [6.45, 7) is 4.39. The predicted octanol–water partition coefficient (Wildman–Crippen LogP) is 1.65. The van der Waals surface area contributed by atoms with E-state index in [2.05, 4.69) is 31.9 Å². The highest BCUT2D eigenvalue weighted by atomic mass is 16.5. The number of nitrogens with one attached hydrogen (secondary N) is 2. The number of alkyl carbamates (subject to hydrolysis) is 1. The number of carbonyl (C=O) groups excluding carboxylic acids is 2. The Morgan fingerprint density at radius 1 is 1.30 bits per heavy atom. The normalized spacial score (nSPS) is 16.7. The van der Waals surface area contributed by atoms with Gasteiger partial charge in [0.1, 0.15) is 25.4 Å². The Morgan fingerprint density at radius 3 is 2.70 bits per heavy atom. The number of hydrogen-bond donors (Lipinski definition) is 2. The van der Waals surface area contributed by atoms with Crippen LogP contribution in [0.5, 0.6) is 0 Å². The third-order valence-electron chi connectivity index (χ3n) is 5.09. The smallest absolute Gasteiger partial charge is 0.407 e. The van der Waals surface area contributed by atoms with E-state index in [4.69, 9.17) is 7.85 Å². The van der Waals surface area contributed by atoms with Crippen LogP contribution < -0.4 is 10.8 Å². The fraction of sp³-hybridized carbons (Fsp3) is 0.409. The van der Waals surface area contributed by atoms with Crippen molar-refractivity contribution >= 4 is 25.3 Å². The van der Waals surface area contributed by atoms with E-state index in [1.807, 2.05) is 26.0 Å². The lowest BCUT2D eigenvalue weighted by Crippen LogP contribution is -2.51. The molecule has 1 aliphatic rings. The minimum absolute atomic E-state index is 0.0733. The molecular formula is C22H25BN4O3. The molecule has 0 aliphatic carbocycles. The second-order valence-electron chi connectivity index (χ2n) is 7.60. The molecule has 8 heteroatoms. The van der Waals surface area contributed by atoms with Gasteiger partial charge in [0.15, 0.2) is 0 Å². The molecule has 30 heavy (non-hydrogen) atoms. The van der Waals surface area contributed by atoms with Gasteiger partial charge in [-0.3, -0.25) is 4.79 Å². The zero-order chi connectivity index (χ0) is 21.7. The lowest BCUT2D eigenvalue weighted by atomic mass is 9.95. The van der Waals surface area contributed by atoms with Crippen LogP contribution in [0.1, 0.15) is 49.8 Å². The summed E-state index contributed by atoms with van der Waals surface area (Å²) in [6, 6.07) is 6.49. The van der Waals surface area contributed by atoms with E-state index in [1.165, 1.54) is 7.11 Å². The average molecular weight is 404 g/mol. The van der Waals surface area contributed by atoms with Gasteiger partial charge in [0.2, 0.25) is 5.91 Å². The molecule has 2 aromatic rings. The van der Waals surface area contributed by atoms with Gasteiger partial charge >= 0.3 is 6.09 Å². The number of ether oxygens (including phenoxy) is 1. The van der Waals surface area contributed by atoms with Crippen LogP contribution in [0.4, 0.5) is 4.79 Å². The molecule has 2 heterocycles. The summed E-state index contributed by atoms with van der Waals surface area (Å²) < 4.78 is 4.67. The van der Waals surface area contributed by atoms with Crippen LogP contribution in [0.2, 0.25) is 0 Å². The second kappa shape index (κ2) is 9.53. The van der Waals surface area contributed by atoms with Crippen molar-refractivity contribution in [3.63, 3.8) is 0 Å². The van der Waals surface area contributed by atoms with E-state index in [0.717, 1.165) is 18.4 Å². The van der Waals surface area contributed by atoms with E-state index in [-0.39, 0.29) is 17.9 Å². The molecule has 0 saturated carbocycles. The molecule has 1 aromatic heterocycles. The molecule has 0 spiro atoms. The maximum atomic E-state index is 13.1. The number of aromatic amines is 1. The first-order chi connectivity index (χ1) is 14.4. The second-order valence-corrected chi connectivity index (χ2v) is 7.60. The number of hydrogen-bond acceptors (Lipinski definition) is 4. The number of H-pyrrole nitrogens is 1. The van der Waals surface area contributed by atoms with Crippen LogP contribution >= 0.6 is 0 Å². The third-order valence-corrected chi connectivity index (χ3v) is 5.09. The highest BCUT2D eigenvalue weighted by molar-refractivity contribution is 6.32. The van der Waals surface area contributed by atoms with E-state index in [0.29, 0.717) is 23.5 Å². The maximum absolute atomic E-state index is 13.1. The maximum Gasteiger partial charge on any atom is 0.407 e. The Kier molecular flexibility index (Phi) is 6.83. The van der Waals surface area contributed by atoms with Crippen molar-refractivity contribution in [1.82, 2.24) is 20.2 Å².